The summed E-state index contributed by atoms with van der Waals surface area (Å²) in [5.41, 5.74) is 1.78. The molecule has 1 saturated heterocycles. The minimum atomic E-state index is -3.93. The van der Waals surface area contributed by atoms with Gasteiger partial charge >= 0.3 is 0 Å². The number of rotatable bonds is 5. The van der Waals surface area contributed by atoms with Crippen molar-refractivity contribution in [2.45, 2.75) is 11.8 Å². The van der Waals surface area contributed by atoms with E-state index in [1.807, 2.05) is 31.2 Å². The minimum absolute atomic E-state index is 0.0857. The maximum Gasteiger partial charge on any atom is 0.284 e. The van der Waals surface area contributed by atoms with Gasteiger partial charge in [-0.1, -0.05) is 51.8 Å². The Balaban J connectivity index is 1.98. The van der Waals surface area contributed by atoms with E-state index < -0.39 is 10.0 Å². The van der Waals surface area contributed by atoms with Crippen LogP contribution >= 0.6 is 27.7 Å². The van der Waals surface area contributed by atoms with Crippen LogP contribution in [0.25, 0.3) is 6.08 Å². The maximum atomic E-state index is 12.7. The second-order valence-electron chi connectivity index (χ2n) is 6.03. The van der Waals surface area contributed by atoms with Crippen molar-refractivity contribution < 1.29 is 13.2 Å². The predicted octanol–water partition coefficient (Wildman–Crippen LogP) is 4.60. The van der Waals surface area contributed by atoms with Crippen molar-refractivity contribution in [3.05, 3.63) is 81.7 Å². The van der Waals surface area contributed by atoms with Crippen molar-refractivity contribution in [2.75, 3.05) is 6.54 Å². The monoisotopic (exact) mass is 476 g/mol. The van der Waals surface area contributed by atoms with Gasteiger partial charge in [0.1, 0.15) is 0 Å². The number of hydrogen-bond donors (Lipinski definition) is 0. The van der Waals surface area contributed by atoms with Gasteiger partial charge in [0, 0.05) is 11.0 Å². The van der Waals surface area contributed by atoms with E-state index in [0.29, 0.717) is 4.91 Å². The van der Waals surface area contributed by atoms with Gasteiger partial charge in [0.2, 0.25) is 0 Å². The summed E-state index contributed by atoms with van der Waals surface area (Å²) in [5, 5.41) is 0.119. The zero-order chi connectivity index (χ0) is 20.3. The molecule has 1 heterocycles. The lowest BCUT2D eigenvalue weighted by molar-refractivity contribution is -0.121. The first kappa shape index (κ1) is 20.6. The van der Waals surface area contributed by atoms with Crippen LogP contribution in [0.4, 0.5) is 0 Å². The molecule has 0 N–H and O–H groups in total. The molecule has 2 aromatic rings. The van der Waals surface area contributed by atoms with Gasteiger partial charge in [-0.2, -0.15) is 8.42 Å². The maximum absolute atomic E-state index is 12.7. The molecule has 0 spiro atoms. The van der Waals surface area contributed by atoms with Gasteiger partial charge in [0.15, 0.2) is 5.17 Å². The van der Waals surface area contributed by atoms with E-state index in [1.165, 1.54) is 23.1 Å². The molecule has 1 fully saturated rings. The molecule has 2 aromatic carbocycles. The molecule has 3 rings (SSSR count). The van der Waals surface area contributed by atoms with Crippen LogP contribution in [0.15, 0.2) is 79.9 Å². The summed E-state index contributed by atoms with van der Waals surface area (Å²) < 4.78 is 30.2. The topological polar surface area (TPSA) is 66.8 Å². The number of carbonyl (C=O) groups is 1. The molecular weight excluding hydrogens is 460 g/mol. The summed E-state index contributed by atoms with van der Waals surface area (Å²) in [5.74, 6) is -0.300. The fourth-order valence-electron chi connectivity index (χ4n) is 2.44. The van der Waals surface area contributed by atoms with Crippen LogP contribution in [0.2, 0.25) is 0 Å². The van der Waals surface area contributed by atoms with E-state index in [4.69, 9.17) is 0 Å². The van der Waals surface area contributed by atoms with Crippen molar-refractivity contribution >= 4 is 54.9 Å². The first-order valence-electron chi connectivity index (χ1n) is 8.30. The van der Waals surface area contributed by atoms with Crippen molar-refractivity contribution in [2.24, 2.45) is 4.40 Å². The summed E-state index contributed by atoms with van der Waals surface area (Å²) >= 11 is 4.41. The van der Waals surface area contributed by atoms with Gasteiger partial charge in [0.25, 0.3) is 15.9 Å². The molecule has 1 amide bonds. The lowest BCUT2D eigenvalue weighted by Crippen LogP contribution is -2.29. The fourth-order valence-corrected chi connectivity index (χ4v) is 4.90. The summed E-state index contributed by atoms with van der Waals surface area (Å²) in [7, 11) is -3.93. The molecule has 8 heteroatoms. The number of amides is 1. The Bertz CT molecular complexity index is 1070. The van der Waals surface area contributed by atoms with E-state index in [9.17, 15) is 13.2 Å². The number of benzene rings is 2. The molecule has 1 aliphatic rings. The highest BCUT2D eigenvalue weighted by atomic mass is 79.9. The highest BCUT2D eigenvalue weighted by molar-refractivity contribution is 9.10. The van der Waals surface area contributed by atoms with Crippen LogP contribution in [0, 0.1) is 6.92 Å². The van der Waals surface area contributed by atoms with Gasteiger partial charge in [-0.05, 0) is 54.6 Å². The zero-order valence-corrected chi connectivity index (χ0v) is 18.2. The quantitative estimate of drug-likeness (QED) is 0.466. The molecular formula is C20H17BrN2O3S2. The van der Waals surface area contributed by atoms with E-state index in [-0.39, 0.29) is 22.5 Å². The number of sulfonamides is 1. The van der Waals surface area contributed by atoms with E-state index in [2.05, 4.69) is 26.9 Å². The standard InChI is InChI=1S/C20H17BrN2O3S2/c1-3-12-23-19(24)18(13-15-6-8-16(21)9-7-15)27-20(23)22-28(25,26)17-10-4-14(2)5-11-17/h3-11,13H,1,12H2,2H3. The number of carbonyl (C=O) groups excluding carboxylic acids is 1. The van der Waals surface area contributed by atoms with Crippen LogP contribution in [0.3, 0.4) is 0 Å². The van der Waals surface area contributed by atoms with Gasteiger partial charge in [0.05, 0.1) is 9.80 Å². The van der Waals surface area contributed by atoms with Gasteiger partial charge < -0.3 is 0 Å². The normalized spacial score (nSPS) is 17.5. The number of thioether (sulfide) groups is 1. The third-order valence-corrected chi connectivity index (χ3v) is 6.82. The first-order valence-corrected chi connectivity index (χ1v) is 11.3. The average molecular weight is 477 g/mol. The summed E-state index contributed by atoms with van der Waals surface area (Å²) in [6.45, 7) is 5.69. The molecule has 1 aliphatic heterocycles. The van der Waals surface area contributed by atoms with E-state index in [0.717, 1.165) is 27.4 Å². The van der Waals surface area contributed by atoms with Crippen LogP contribution in [0.5, 0.6) is 0 Å². The summed E-state index contributed by atoms with van der Waals surface area (Å²) in [4.78, 5) is 14.6. The first-order chi connectivity index (χ1) is 13.3. The second kappa shape index (κ2) is 8.46. The fraction of sp³-hybridized carbons (Fsp3) is 0.100. The number of aryl methyl sites for hydroxylation is 1. The SMILES string of the molecule is C=CCN1C(=O)C(=Cc2ccc(Br)cc2)SC1=NS(=O)(=O)c1ccc(C)cc1. The van der Waals surface area contributed by atoms with Gasteiger partial charge in [-0.3, -0.25) is 9.69 Å². The molecule has 0 radical (unpaired) electrons. The number of amidine groups is 1. The van der Waals surface area contributed by atoms with Crippen LogP contribution < -0.4 is 0 Å². The van der Waals surface area contributed by atoms with Crippen molar-refractivity contribution in [1.82, 2.24) is 4.90 Å². The molecule has 28 heavy (non-hydrogen) atoms. The molecule has 0 atom stereocenters. The molecule has 0 aliphatic carbocycles. The minimum Gasteiger partial charge on any atom is -0.282 e. The van der Waals surface area contributed by atoms with Crippen molar-refractivity contribution in [3.8, 4) is 0 Å². The third-order valence-electron chi connectivity index (χ3n) is 3.88. The lowest BCUT2D eigenvalue weighted by Gasteiger charge is -2.12. The Kier molecular flexibility index (Phi) is 6.22. The van der Waals surface area contributed by atoms with E-state index >= 15 is 0 Å². The number of hydrogen-bond acceptors (Lipinski definition) is 4. The van der Waals surface area contributed by atoms with E-state index in [1.54, 1.807) is 18.2 Å². The largest absolute Gasteiger partial charge is 0.284 e. The third kappa shape index (κ3) is 4.63. The Morgan fingerprint density at radius 2 is 1.79 bits per heavy atom. The summed E-state index contributed by atoms with van der Waals surface area (Å²) in [6.07, 6.45) is 3.26. The number of nitrogens with zero attached hydrogens (tertiary/aromatic N) is 2. The van der Waals surface area contributed by atoms with Crippen molar-refractivity contribution in [3.63, 3.8) is 0 Å². The summed E-state index contributed by atoms with van der Waals surface area (Å²) in [6, 6.07) is 13.9. The molecule has 5 nitrogen and oxygen atoms in total. The highest BCUT2D eigenvalue weighted by Crippen LogP contribution is 2.33. The second-order valence-corrected chi connectivity index (χ2v) is 9.56. The predicted molar refractivity (Wildman–Crippen MR) is 117 cm³/mol. The van der Waals surface area contributed by atoms with Crippen LogP contribution in [-0.2, 0) is 14.8 Å². The molecule has 0 unspecified atom stereocenters. The zero-order valence-electron chi connectivity index (χ0n) is 15.0. The lowest BCUT2D eigenvalue weighted by atomic mass is 10.2. The van der Waals surface area contributed by atoms with Crippen molar-refractivity contribution in [1.29, 1.82) is 0 Å². The van der Waals surface area contributed by atoms with Crippen LogP contribution in [-0.4, -0.2) is 30.9 Å². The van der Waals surface area contributed by atoms with Gasteiger partial charge in [-0.25, -0.2) is 0 Å². The molecule has 0 saturated carbocycles. The highest BCUT2D eigenvalue weighted by Gasteiger charge is 2.34. The Hall–Kier alpha value is -2.16. The molecule has 0 aromatic heterocycles. The Labute approximate surface area is 177 Å². The Morgan fingerprint density at radius 3 is 2.39 bits per heavy atom. The molecule has 144 valence electrons. The van der Waals surface area contributed by atoms with Gasteiger partial charge in [-0.15, -0.1) is 11.0 Å². The number of halogens is 1. The molecule has 0 bridgehead atoms. The smallest absolute Gasteiger partial charge is 0.282 e. The Morgan fingerprint density at radius 1 is 1.14 bits per heavy atom. The average Bonchev–Trinajstić information content (AvgIpc) is 2.92. The van der Waals surface area contributed by atoms with Crippen LogP contribution in [0.1, 0.15) is 11.1 Å².